The molecule has 0 spiro atoms. The van der Waals surface area contributed by atoms with Crippen molar-refractivity contribution in [1.29, 1.82) is 0 Å². The second-order valence-electron chi connectivity index (χ2n) is 5.75. The number of rotatable bonds is 3. The highest BCUT2D eigenvalue weighted by Crippen LogP contribution is 2.27. The molecule has 6 nitrogen and oxygen atoms in total. The standard InChI is InChI=1S/C20H13N3O3/c24-20-17-9-2-1-6-14(17)13-18(22(20)19-10-3-4-11-21-19)15-7-5-8-16(12-15)23(25)26/h1-13H. The van der Waals surface area contributed by atoms with Crippen molar-refractivity contribution < 1.29 is 4.92 Å². The van der Waals surface area contributed by atoms with E-state index in [4.69, 9.17) is 0 Å². The summed E-state index contributed by atoms with van der Waals surface area (Å²) in [5.74, 6) is 0.463. The number of nitrogens with zero attached hydrogens (tertiary/aromatic N) is 3. The molecule has 0 unspecified atom stereocenters. The number of hydrogen-bond donors (Lipinski definition) is 0. The Labute approximate surface area is 148 Å². The van der Waals surface area contributed by atoms with Crippen LogP contribution < -0.4 is 5.56 Å². The summed E-state index contributed by atoms with van der Waals surface area (Å²) in [6.07, 6.45) is 1.61. The maximum atomic E-state index is 13.1. The van der Waals surface area contributed by atoms with Crippen molar-refractivity contribution in [2.75, 3.05) is 0 Å². The minimum absolute atomic E-state index is 0.0318. The summed E-state index contributed by atoms with van der Waals surface area (Å²) in [4.78, 5) is 28.1. The maximum absolute atomic E-state index is 13.1. The van der Waals surface area contributed by atoms with Gasteiger partial charge < -0.3 is 0 Å². The van der Waals surface area contributed by atoms with E-state index in [2.05, 4.69) is 4.98 Å². The van der Waals surface area contributed by atoms with Gasteiger partial charge in [0.2, 0.25) is 0 Å². The Hall–Kier alpha value is -3.80. The lowest BCUT2D eigenvalue weighted by Crippen LogP contribution is -2.21. The van der Waals surface area contributed by atoms with Gasteiger partial charge in [-0.1, -0.05) is 36.4 Å². The van der Waals surface area contributed by atoms with Gasteiger partial charge in [-0.3, -0.25) is 19.5 Å². The molecular weight excluding hydrogens is 330 g/mol. The van der Waals surface area contributed by atoms with Crippen molar-refractivity contribution in [3.63, 3.8) is 0 Å². The van der Waals surface area contributed by atoms with Crippen LogP contribution in [0.3, 0.4) is 0 Å². The molecule has 6 heteroatoms. The fourth-order valence-electron chi connectivity index (χ4n) is 2.96. The van der Waals surface area contributed by atoms with Gasteiger partial charge in [-0.15, -0.1) is 0 Å². The van der Waals surface area contributed by atoms with Crippen LogP contribution in [0.2, 0.25) is 0 Å². The topological polar surface area (TPSA) is 78.0 Å². The third kappa shape index (κ3) is 2.63. The lowest BCUT2D eigenvalue weighted by Gasteiger charge is -2.14. The summed E-state index contributed by atoms with van der Waals surface area (Å²) < 4.78 is 1.49. The van der Waals surface area contributed by atoms with Gasteiger partial charge in [-0.2, -0.15) is 0 Å². The smallest absolute Gasteiger partial charge is 0.268 e. The van der Waals surface area contributed by atoms with Crippen LogP contribution in [0.1, 0.15) is 0 Å². The van der Waals surface area contributed by atoms with Crippen LogP contribution >= 0.6 is 0 Å². The summed E-state index contributed by atoms with van der Waals surface area (Å²) in [6, 6.07) is 20.6. The number of aromatic nitrogens is 2. The monoisotopic (exact) mass is 343 g/mol. The van der Waals surface area contributed by atoms with E-state index in [9.17, 15) is 14.9 Å². The predicted octanol–water partition coefficient (Wildman–Crippen LogP) is 3.96. The van der Waals surface area contributed by atoms with Crippen LogP contribution in [-0.4, -0.2) is 14.5 Å². The molecule has 0 amide bonds. The Morgan fingerprint density at radius 3 is 2.50 bits per heavy atom. The molecule has 0 bridgehead atoms. The van der Waals surface area contributed by atoms with Gasteiger partial charge >= 0.3 is 0 Å². The quantitative estimate of drug-likeness (QED) is 0.417. The van der Waals surface area contributed by atoms with Gasteiger partial charge in [0.15, 0.2) is 0 Å². The zero-order valence-electron chi connectivity index (χ0n) is 13.6. The minimum atomic E-state index is -0.451. The Morgan fingerprint density at radius 1 is 0.923 bits per heavy atom. The molecule has 26 heavy (non-hydrogen) atoms. The lowest BCUT2D eigenvalue weighted by molar-refractivity contribution is -0.384. The first-order valence-corrected chi connectivity index (χ1v) is 7.96. The van der Waals surface area contributed by atoms with Gasteiger partial charge in [0.25, 0.3) is 11.2 Å². The normalized spacial score (nSPS) is 10.8. The fourth-order valence-corrected chi connectivity index (χ4v) is 2.96. The third-order valence-corrected chi connectivity index (χ3v) is 4.16. The molecule has 0 atom stereocenters. The average molecular weight is 343 g/mol. The summed E-state index contributed by atoms with van der Waals surface area (Å²) in [7, 11) is 0. The highest BCUT2D eigenvalue weighted by Gasteiger charge is 2.15. The van der Waals surface area contributed by atoms with Crippen LogP contribution in [0.15, 0.2) is 83.8 Å². The average Bonchev–Trinajstić information content (AvgIpc) is 2.68. The van der Waals surface area contributed by atoms with E-state index in [1.54, 1.807) is 48.7 Å². The van der Waals surface area contributed by atoms with E-state index >= 15 is 0 Å². The maximum Gasteiger partial charge on any atom is 0.270 e. The van der Waals surface area contributed by atoms with Crippen LogP contribution in [0, 0.1) is 10.1 Å². The van der Waals surface area contributed by atoms with E-state index in [0.29, 0.717) is 22.5 Å². The fraction of sp³-hybridized carbons (Fsp3) is 0. The molecule has 0 aliphatic carbocycles. The van der Waals surface area contributed by atoms with Gasteiger partial charge in [0.05, 0.1) is 10.6 Å². The summed E-state index contributed by atoms with van der Waals surface area (Å²) in [6.45, 7) is 0. The van der Waals surface area contributed by atoms with E-state index in [0.717, 1.165) is 5.39 Å². The van der Waals surface area contributed by atoms with Crippen molar-refractivity contribution in [3.05, 3.63) is 99.5 Å². The SMILES string of the molecule is O=c1c2ccccc2cc(-c2cccc([N+](=O)[O-])c2)n1-c1ccccn1. The highest BCUT2D eigenvalue weighted by atomic mass is 16.6. The number of nitro benzene ring substituents is 1. The van der Waals surface area contributed by atoms with Crippen LogP contribution in [0.5, 0.6) is 0 Å². The molecule has 126 valence electrons. The second kappa shape index (κ2) is 6.25. The number of non-ortho nitro benzene ring substituents is 1. The van der Waals surface area contributed by atoms with E-state index < -0.39 is 4.92 Å². The summed E-state index contributed by atoms with van der Waals surface area (Å²) in [5, 5.41) is 12.5. The molecule has 0 saturated heterocycles. The van der Waals surface area contributed by atoms with Crippen molar-refractivity contribution in [2.45, 2.75) is 0 Å². The van der Waals surface area contributed by atoms with Gasteiger partial charge in [-0.05, 0) is 29.7 Å². The Morgan fingerprint density at radius 2 is 1.73 bits per heavy atom. The van der Waals surface area contributed by atoms with Gasteiger partial charge in [0, 0.05) is 29.3 Å². The molecule has 2 aromatic heterocycles. The predicted molar refractivity (Wildman–Crippen MR) is 99.4 cm³/mol. The molecule has 0 radical (unpaired) electrons. The van der Waals surface area contributed by atoms with Crippen molar-refractivity contribution >= 4 is 16.5 Å². The van der Waals surface area contributed by atoms with E-state index in [1.165, 1.54) is 16.7 Å². The Kier molecular flexibility index (Phi) is 3.78. The van der Waals surface area contributed by atoms with Gasteiger partial charge in [0.1, 0.15) is 5.82 Å². The molecule has 2 aromatic carbocycles. The van der Waals surface area contributed by atoms with Crippen molar-refractivity contribution in [1.82, 2.24) is 9.55 Å². The molecule has 0 saturated carbocycles. The Balaban J connectivity index is 2.10. The first-order chi connectivity index (χ1) is 12.6. The molecule has 0 fully saturated rings. The van der Waals surface area contributed by atoms with E-state index in [-0.39, 0.29) is 11.2 Å². The second-order valence-corrected chi connectivity index (χ2v) is 5.75. The lowest BCUT2D eigenvalue weighted by atomic mass is 10.1. The van der Waals surface area contributed by atoms with Crippen molar-refractivity contribution in [3.8, 4) is 17.1 Å². The van der Waals surface area contributed by atoms with Crippen molar-refractivity contribution in [2.24, 2.45) is 0 Å². The number of pyridine rings is 2. The third-order valence-electron chi connectivity index (χ3n) is 4.16. The first kappa shape index (κ1) is 15.7. The van der Waals surface area contributed by atoms with Crippen LogP contribution in [0.4, 0.5) is 5.69 Å². The van der Waals surface area contributed by atoms with E-state index in [1.807, 2.05) is 18.2 Å². The zero-order valence-corrected chi connectivity index (χ0v) is 13.6. The van der Waals surface area contributed by atoms with Crippen LogP contribution in [0.25, 0.3) is 27.8 Å². The molecule has 0 N–H and O–H groups in total. The number of benzene rings is 2. The minimum Gasteiger partial charge on any atom is -0.268 e. The summed E-state index contributed by atoms with van der Waals surface area (Å²) >= 11 is 0. The number of nitro groups is 1. The Bertz CT molecular complexity index is 1180. The van der Waals surface area contributed by atoms with Gasteiger partial charge in [-0.25, -0.2) is 4.98 Å². The summed E-state index contributed by atoms with van der Waals surface area (Å²) in [5.41, 5.74) is 0.878. The molecule has 2 heterocycles. The largest absolute Gasteiger partial charge is 0.270 e. The first-order valence-electron chi connectivity index (χ1n) is 7.96. The zero-order chi connectivity index (χ0) is 18.1. The number of hydrogen-bond acceptors (Lipinski definition) is 4. The van der Waals surface area contributed by atoms with Crippen LogP contribution in [-0.2, 0) is 0 Å². The molecular formula is C20H13N3O3. The number of fused-ring (bicyclic) bond motifs is 1. The molecule has 0 aliphatic rings. The molecule has 4 aromatic rings. The molecule has 0 aliphatic heterocycles. The highest BCUT2D eigenvalue weighted by molar-refractivity contribution is 5.86. The molecule has 4 rings (SSSR count).